The number of thiophene rings is 1. The highest BCUT2D eigenvalue weighted by Gasteiger charge is 2.19. The van der Waals surface area contributed by atoms with Crippen molar-refractivity contribution in [1.29, 1.82) is 0 Å². The Hall–Kier alpha value is -2.30. The van der Waals surface area contributed by atoms with E-state index in [2.05, 4.69) is 20.3 Å². The van der Waals surface area contributed by atoms with Gasteiger partial charge >= 0.3 is 0 Å². The van der Waals surface area contributed by atoms with Crippen molar-refractivity contribution >= 4 is 55.5 Å². The molecule has 7 nitrogen and oxygen atoms in total. The summed E-state index contributed by atoms with van der Waals surface area (Å²) in [5.74, 6) is -0.162. The third kappa shape index (κ3) is 4.37. The lowest BCUT2D eigenvalue weighted by molar-refractivity contribution is 0.0337. The number of ether oxygens (including phenoxy) is 1. The van der Waals surface area contributed by atoms with Crippen LogP contribution in [-0.4, -0.2) is 51.9 Å². The summed E-state index contributed by atoms with van der Waals surface area (Å²) in [5, 5.41) is 11.8. The Bertz CT molecular complexity index is 1240. The van der Waals surface area contributed by atoms with Crippen LogP contribution in [-0.2, 0) is 11.3 Å². The summed E-state index contributed by atoms with van der Waals surface area (Å²) >= 11 is 9.00. The third-order valence-corrected chi connectivity index (χ3v) is 7.23. The Labute approximate surface area is 192 Å². The van der Waals surface area contributed by atoms with Gasteiger partial charge in [-0.15, -0.1) is 22.7 Å². The number of fused-ring (bicyclic) bond motifs is 1. The first-order valence-electron chi connectivity index (χ1n) is 9.88. The number of anilines is 1. The van der Waals surface area contributed by atoms with E-state index in [1.807, 2.05) is 47.3 Å². The van der Waals surface area contributed by atoms with E-state index in [1.165, 1.54) is 22.7 Å². The molecule has 1 N–H and O–H groups in total. The maximum atomic E-state index is 12.9. The molecule has 1 amide bonds. The fourth-order valence-corrected chi connectivity index (χ4v) is 5.49. The van der Waals surface area contributed by atoms with Crippen molar-refractivity contribution in [1.82, 2.24) is 19.7 Å². The Balaban J connectivity index is 1.34. The average Bonchev–Trinajstić information content (AvgIpc) is 3.46. The maximum absolute atomic E-state index is 12.9. The predicted molar refractivity (Wildman–Crippen MR) is 125 cm³/mol. The van der Waals surface area contributed by atoms with Gasteiger partial charge in [0.15, 0.2) is 5.13 Å². The topological polar surface area (TPSA) is 72.3 Å². The fraction of sp³-hybridized carbons (Fsp3) is 0.286. The van der Waals surface area contributed by atoms with Crippen LogP contribution >= 0.6 is 34.3 Å². The number of carbonyl (C=O) groups is 1. The number of thiazole rings is 1. The van der Waals surface area contributed by atoms with Gasteiger partial charge in [-0.2, -0.15) is 5.10 Å². The lowest BCUT2D eigenvalue weighted by Gasteiger charge is -2.25. The smallest absolute Gasteiger partial charge is 0.267 e. The lowest BCUT2D eigenvalue weighted by atomic mass is 10.3. The van der Waals surface area contributed by atoms with Gasteiger partial charge in [0.05, 0.1) is 35.2 Å². The average molecular weight is 474 g/mol. The Morgan fingerprint density at radius 1 is 1.29 bits per heavy atom. The first-order valence-corrected chi connectivity index (χ1v) is 12.0. The standard InChI is InChI=1S/C21H20ClN5O2S2/c1-13-17-10-18(31-20(17)27(25-13)16-4-2-3-14(22)9-16)19(28)24-21-23-15(12-30-21)11-26-5-7-29-8-6-26/h2-4,9-10,12H,5-8,11H2,1H3,(H,23,24,28). The van der Waals surface area contributed by atoms with Gasteiger partial charge in [0.25, 0.3) is 5.91 Å². The number of nitrogens with one attached hydrogen (secondary N) is 1. The number of halogens is 1. The number of nitrogens with zero attached hydrogens (tertiary/aromatic N) is 4. The molecular formula is C21H20ClN5O2S2. The molecule has 0 unspecified atom stereocenters. The first kappa shape index (κ1) is 20.6. The molecule has 0 atom stereocenters. The van der Waals surface area contributed by atoms with Crippen molar-refractivity contribution < 1.29 is 9.53 Å². The molecular weight excluding hydrogens is 454 g/mol. The molecule has 4 aromatic rings. The van der Waals surface area contributed by atoms with E-state index in [1.54, 1.807) is 0 Å². The van der Waals surface area contributed by atoms with E-state index in [-0.39, 0.29) is 5.91 Å². The zero-order valence-electron chi connectivity index (χ0n) is 16.8. The van der Waals surface area contributed by atoms with E-state index in [0.29, 0.717) is 15.0 Å². The zero-order chi connectivity index (χ0) is 21.4. The minimum atomic E-state index is -0.162. The molecule has 160 valence electrons. The number of hydrogen-bond acceptors (Lipinski definition) is 7. The highest BCUT2D eigenvalue weighted by molar-refractivity contribution is 7.20. The molecule has 1 aliphatic heterocycles. The van der Waals surface area contributed by atoms with Gasteiger partial charge in [0.2, 0.25) is 0 Å². The van der Waals surface area contributed by atoms with Crippen molar-refractivity contribution in [3.05, 3.63) is 57.0 Å². The number of morpholine rings is 1. The van der Waals surface area contributed by atoms with Gasteiger partial charge in [-0.05, 0) is 31.2 Å². The van der Waals surface area contributed by atoms with Gasteiger partial charge in [-0.3, -0.25) is 15.0 Å². The van der Waals surface area contributed by atoms with Crippen LogP contribution in [0.3, 0.4) is 0 Å². The lowest BCUT2D eigenvalue weighted by Crippen LogP contribution is -2.35. The summed E-state index contributed by atoms with van der Waals surface area (Å²) in [5.41, 5.74) is 2.70. The number of amides is 1. The molecule has 1 saturated heterocycles. The summed E-state index contributed by atoms with van der Waals surface area (Å²) in [7, 11) is 0. The number of rotatable bonds is 5. The van der Waals surface area contributed by atoms with Gasteiger partial charge in [0.1, 0.15) is 4.83 Å². The van der Waals surface area contributed by atoms with Gasteiger partial charge < -0.3 is 4.74 Å². The number of hydrogen-bond donors (Lipinski definition) is 1. The number of aryl methyl sites for hydroxylation is 1. The molecule has 4 heterocycles. The highest BCUT2D eigenvalue weighted by atomic mass is 35.5. The molecule has 0 radical (unpaired) electrons. The van der Waals surface area contributed by atoms with Crippen molar-refractivity contribution in [3.8, 4) is 5.69 Å². The molecule has 3 aromatic heterocycles. The van der Waals surface area contributed by atoms with Crippen LogP contribution in [0.15, 0.2) is 35.7 Å². The van der Waals surface area contributed by atoms with Crippen LogP contribution in [0, 0.1) is 6.92 Å². The minimum absolute atomic E-state index is 0.162. The molecule has 10 heteroatoms. The van der Waals surface area contributed by atoms with E-state index in [4.69, 9.17) is 16.3 Å². The molecule has 0 aliphatic carbocycles. The van der Waals surface area contributed by atoms with Crippen LogP contribution in [0.4, 0.5) is 5.13 Å². The van der Waals surface area contributed by atoms with Gasteiger partial charge in [0, 0.05) is 35.4 Å². The summed E-state index contributed by atoms with van der Waals surface area (Å²) in [4.78, 5) is 21.3. The molecule has 31 heavy (non-hydrogen) atoms. The molecule has 0 bridgehead atoms. The second-order valence-corrected chi connectivity index (χ2v) is 9.62. The van der Waals surface area contributed by atoms with E-state index >= 15 is 0 Å². The van der Waals surface area contributed by atoms with Crippen molar-refractivity contribution in [3.63, 3.8) is 0 Å². The molecule has 0 saturated carbocycles. The fourth-order valence-electron chi connectivity index (χ4n) is 3.53. The molecule has 0 spiro atoms. The first-order chi connectivity index (χ1) is 15.1. The second kappa shape index (κ2) is 8.68. The molecule has 1 aromatic carbocycles. The van der Waals surface area contributed by atoms with Crippen LogP contribution in [0.5, 0.6) is 0 Å². The summed E-state index contributed by atoms with van der Waals surface area (Å²) in [6, 6.07) is 9.41. The van der Waals surface area contributed by atoms with E-state index in [0.717, 1.165) is 60.1 Å². The SMILES string of the molecule is Cc1nn(-c2cccc(Cl)c2)c2sc(C(=O)Nc3nc(CN4CCOCC4)cs3)cc12. The number of benzene rings is 1. The summed E-state index contributed by atoms with van der Waals surface area (Å²) in [6.45, 7) is 6.04. The molecule has 1 aliphatic rings. The second-order valence-electron chi connectivity index (χ2n) is 7.29. The van der Waals surface area contributed by atoms with E-state index in [9.17, 15) is 4.79 Å². The number of aromatic nitrogens is 3. The maximum Gasteiger partial charge on any atom is 0.267 e. The Kier molecular flexibility index (Phi) is 5.77. The number of carbonyl (C=O) groups excluding carboxylic acids is 1. The van der Waals surface area contributed by atoms with Gasteiger partial charge in [-0.1, -0.05) is 17.7 Å². The van der Waals surface area contributed by atoms with Gasteiger partial charge in [-0.25, -0.2) is 9.67 Å². The predicted octanol–water partition coefficient (Wildman–Crippen LogP) is 4.59. The van der Waals surface area contributed by atoms with Crippen molar-refractivity contribution in [2.45, 2.75) is 13.5 Å². The molecule has 1 fully saturated rings. The highest BCUT2D eigenvalue weighted by Crippen LogP contribution is 2.31. The third-order valence-electron chi connectivity index (χ3n) is 5.08. The molecule has 5 rings (SSSR count). The quantitative estimate of drug-likeness (QED) is 0.459. The van der Waals surface area contributed by atoms with Crippen LogP contribution < -0.4 is 5.32 Å². The Morgan fingerprint density at radius 2 is 2.13 bits per heavy atom. The van der Waals surface area contributed by atoms with Crippen molar-refractivity contribution in [2.75, 3.05) is 31.6 Å². The monoisotopic (exact) mass is 473 g/mol. The normalized spacial score (nSPS) is 14.9. The summed E-state index contributed by atoms with van der Waals surface area (Å²) in [6.07, 6.45) is 0. The van der Waals surface area contributed by atoms with E-state index < -0.39 is 0 Å². The van der Waals surface area contributed by atoms with Crippen LogP contribution in [0.2, 0.25) is 5.02 Å². The largest absolute Gasteiger partial charge is 0.379 e. The van der Waals surface area contributed by atoms with Crippen molar-refractivity contribution in [2.24, 2.45) is 0 Å². The van der Waals surface area contributed by atoms with Crippen LogP contribution in [0.1, 0.15) is 21.1 Å². The Morgan fingerprint density at radius 3 is 2.94 bits per heavy atom. The zero-order valence-corrected chi connectivity index (χ0v) is 19.2. The minimum Gasteiger partial charge on any atom is -0.379 e. The van der Waals surface area contributed by atoms with Crippen LogP contribution in [0.25, 0.3) is 15.9 Å². The summed E-state index contributed by atoms with van der Waals surface area (Å²) < 4.78 is 7.22.